The lowest BCUT2D eigenvalue weighted by atomic mass is 10.1. The SMILES string of the molecule is C=C(C(=O)OCC)C(OC(C)=O)c1cc(-c2ccccc2Cl)no1. The molecule has 0 N–H and O–H groups in total. The summed E-state index contributed by atoms with van der Waals surface area (Å²) in [6.07, 6.45) is -1.12. The lowest BCUT2D eigenvalue weighted by Crippen LogP contribution is -2.18. The number of hydrogen-bond acceptors (Lipinski definition) is 6. The lowest BCUT2D eigenvalue weighted by molar-refractivity contribution is -0.148. The summed E-state index contributed by atoms with van der Waals surface area (Å²) in [4.78, 5) is 23.2. The van der Waals surface area contributed by atoms with Crippen LogP contribution in [0.4, 0.5) is 0 Å². The first-order chi connectivity index (χ1) is 11.4. The standard InChI is InChI=1S/C17H16ClNO5/c1-4-22-17(21)10(2)16(23-11(3)20)15-9-14(19-24-15)12-7-5-6-8-13(12)18/h5-9,16H,2,4H2,1,3H3. The van der Waals surface area contributed by atoms with Crippen molar-refractivity contribution in [2.45, 2.75) is 20.0 Å². The van der Waals surface area contributed by atoms with Gasteiger partial charge in [0.1, 0.15) is 5.69 Å². The Morgan fingerprint density at radius 1 is 1.38 bits per heavy atom. The number of halogens is 1. The molecule has 2 aromatic rings. The average molecular weight is 350 g/mol. The number of benzene rings is 1. The van der Waals surface area contributed by atoms with Crippen LogP contribution in [0.5, 0.6) is 0 Å². The van der Waals surface area contributed by atoms with Crippen molar-refractivity contribution in [1.29, 1.82) is 0 Å². The molecule has 0 aliphatic rings. The van der Waals surface area contributed by atoms with E-state index in [1.165, 1.54) is 6.92 Å². The van der Waals surface area contributed by atoms with Crippen LogP contribution in [0.3, 0.4) is 0 Å². The van der Waals surface area contributed by atoms with Crippen LogP contribution in [-0.4, -0.2) is 23.7 Å². The number of carbonyl (C=O) groups is 2. The minimum atomic E-state index is -1.12. The largest absolute Gasteiger partial charge is 0.463 e. The number of rotatable bonds is 6. The van der Waals surface area contributed by atoms with E-state index in [-0.39, 0.29) is 17.9 Å². The van der Waals surface area contributed by atoms with Gasteiger partial charge in [-0.15, -0.1) is 0 Å². The number of esters is 2. The lowest BCUT2D eigenvalue weighted by Gasteiger charge is -2.15. The first kappa shape index (κ1) is 17.7. The zero-order chi connectivity index (χ0) is 17.7. The molecule has 0 saturated heterocycles. The molecule has 1 atom stereocenters. The fourth-order valence-electron chi connectivity index (χ4n) is 2.01. The predicted molar refractivity (Wildman–Crippen MR) is 87.2 cm³/mol. The van der Waals surface area contributed by atoms with Gasteiger partial charge in [-0.3, -0.25) is 4.79 Å². The molecular formula is C17H16ClNO5. The van der Waals surface area contributed by atoms with Crippen molar-refractivity contribution in [3.63, 3.8) is 0 Å². The van der Waals surface area contributed by atoms with Crippen molar-refractivity contribution in [3.05, 3.63) is 53.3 Å². The summed E-state index contributed by atoms with van der Waals surface area (Å²) in [6, 6.07) is 8.62. The molecule has 126 valence electrons. The molecule has 0 saturated carbocycles. The Morgan fingerprint density at radius 3 is 2.71 bits per heavy atom. The molecule has 1 heterocycles. The van der Waals surface area contributed by atoms with Crippen molar-refractivity contribution in [3.8, 4) is 11.3 Å². The van der Waals surface area contributed by atoms with Crippen LogP contribution >= 0.6 is 11.6 Å². The van der Waals surface area contributed by atoms with E-state index in [9.17, 15) is 9.59 Å². The van der Waals surface area contributed by atoms with E-state index in [0.717, 1.165) is 0 Å². The summed E-state index contributed by atoms with van der Waals surface area (Å²) in [5, 5.41) is 4.41. The van der Waals surface area contributed by atoms with Crippen LogP contribution in [0.15, 0.2) is 47.0 Å². The Hall–Kier alpha value is -2.60. The highest BCUT2D eigenvalue weighted by molar-refractivity contribution is 6.33. The Morgan fingerprint density at radius 2 is 2.08 bits per heavy atom. The van der Waals surface area contributed by atoms with Gasteiger partial charge in [0, 0.05) is 18.6 Å². The third-order valence-electron chi connectivity index (χ3n) is 3.07. The molecule has 2 rings (SSSR count). The third kappa shape index (κ3) is 4.02. The second kappa shape index (κ2) is 7.79. The number of nitrogens with zero attached hydrogens (tertiary/aromatic N) is 1. The van der Waals surface area contributed by atoms with E-state index in [4.69, 9.17) is 25.6 Å². The predicted octanol–water partition coefficient (Wildman–Crippen LogP) is 3.72. The van der Waals surface area contributed by atoms with Crippen LogP contribution in [0.25, 0.3) is 11.3 Å². The summed E-state index contributed by atoms with van der Waals surface area (Å²) < 4.78 is 15.3. The monoisotopic (exact) mass is 349 g/mol. The Balaban J connectivity index is 2.34. The minimum Gasteiger partial charge on any atom is -0.463 e. The molecule has 0 fully saturated rings. The van der Waals surface area contributed by atoms with Gasteiger partial charge in [0.15, 0.2) is 11.9 Å². The van der Waals surface area contributed by atoms with Gasteiger partial charge in [-0.05, 0) is 13.0 Å². The van der Waals surface area contributed by atoms with Crippen LogP contribution < -0.4 is 0 Å². The van der Waals surface area contributed by atoms with E-state index in [1.807, 2.05) is 0 Å². The normalized spacial score (nSPS) is 11.6. The van der Waals surface area contributed by atoms with Crippen LogP contribution in [0.2, 0.25) is 5.02 Å². The Kier molecular flexibility index (Phi) is 5.76. The number of aromatic nitrogens is 1. The van der Waals surface area contributed by atoms with Gasteiger partial charge >= 0.3 is 11.9 Å². The van der Waals surface area contributed by atoms with Gasteiger partial charge in [0.25, 0.3) is 0 Å². The molecule has 0 spiro atoms. The van der Waals surface area contributed by atoms with Crippen molar-refractivity contribution in [2.75, 3.05) is 6.61 Å². The maximum absolute atomic E-state index is 11.9. The smallest absolute Gasteiger partial charge is 0.337 e. The topological polar surface area (TPSA) is 78.6 Å². The molecular weight excluding hydrogens is 334 g/mol. The zero-order valence-corrected chi connectivity index (χ0v) is 14.0. The van der Waals surface area contributed by atoms with Crippen molar-refractivity contribution in [1.82, 2.24) is 5.16 Å². The van der Waals surface area contributed by atoms with E-state index in [2.05, 4.69) is 11.7 Å². The quantitative estimate of drug-likeness (QED) is 0.584. The summed E-state index contributed by atoms with van der Waals surface area (Å²) in [6.45, 7) is 6.69. The van der Waals surface area contributed by atoms with Gasteiger partial charge in [0.2, 0.25) is 0 Å². The van der Waals surface area contributed by atoms with Crippen LogP contribution in [-0.2, 0) is 19.1 Å². The second-order valence-electron chi connectivity index (χ2n) is 4.83. The fraction of sp³-hybridized carbons (Fsp3) is 0.235. The summed E-state index contributed by atoms with van der Waals surface area (Å²) >= 11 is 6.13. The highest BCUT2D eigenvalue weighted by Gasteiger charge is 2.29. The highest BCUT2D eigenvalue weighted by atomic mass is 35.5. The summed E-state index contributed by atoms with van der Waals surface area (Å²) in [5.41, 5.74) is 1.04. The molecule has 1 aromatic heterocycles. The maximum Gasteiger partial charge on any atom is 0.337 e. The van der Waals surface area contributed by atoms with E-state index >= 15 is 0 Å². The fourth-order valence-corrected chi connectivity index (χ4v) is 2.24. The van der Waals surface area contributed by atoms with Crippen LogP contribution in [0.1, 0.15) is 25.7 Å². The maximum atomic E-state index is 11.9. The van der Waals surface area contributed by atoms with Crippen LogP contribution in [0, 0.1) is 0 Å². The number of carbonyl (C=O) groups excluding carboxylic acids is 2. The van der Waals surface area contributed by atoms with Gasteiger partial charge in [-0.25, -0.2) is 4.79 Å². The zero-order valence-electron chi connectivity index (χ0n) is 13.2. The van der Waals surface area contributed by atoms with Gasteiger partial charge < -0.3 is 14.0 Å². The van der Waals surface area contributed by atoms with E-state index in [0.29, 0.717) is 16.3 Å². The molecule has 1 aromatic carbocycles. The first-order valence-corrected chi connectivity index (χ1v) is 7.56. The third-order valence-corrected chi connectivity index (χ3v) is 3.40. The molecule has 24 heavy (non-hydrogen) atoms. The summed E-state index contributed by atoms with van der Waals surface area (Å²) in [7, 11) is 0. The summed E-state index contributed by atoms with van der Waals surface area (Å²) in [5.74, 6) is -1.13. The molecule has 0 aliphatic carbocycles. The molecule has 0 aliphatic heterocycles. The highest BCUT2D eigenvalue weighted by Crippen LogP contribution is 2.32. The first-order valence-electron chi connectivity index (χ1n) is 7.18. The Labute approximate surface area is 144 Å². The van der Waals surface area contributed by atoms with E-state index < -0.39 is 18.0 Å². The number of ether oxygens (including phenoxy) is 2. The van der Waals surface area contributed by atoms with Crippen molar-refractivity contribution < 1.29 is 23.6 Å². The Bertz CT molecular complexity index is 768. The molecule has 6 nitrogen and oxygen atoms in total. The molecule has 1 unspecified atom stereocenters. The molecule has 0 radical (unpaired) electrons. The van der Waals surface area contributed by atoms with Gasteiger partial charge in [0.05, 0.1) is 17.2 Å². The van der Waals surface area contributed by atoms with Crippen molar-refractivity contribution in [2.24, 2.45) is 0 Å². The van der Waals surface area contributed by atoms with Crippen molar-refractivity contribution >= 4 is 23.5 Å². The molecule has 7 heteroatoms. The molecule has 0 amide bonds. The second-order valence-corrected chi connectivity index (χ2v) is 5.24. The van der Waals surface area contributed by atoms with Gasteiger partial charge in [-0.1, -0.05) is 41.5 Å². The molecule has 0 bridgehead atoms. The minimum absolute atomic E-state index is 0.0612. The average Bonchev–Trinajstić information content (AvgIpc) is 3.02. The van der Waals surface area contributed by atoms with E-state index in [1.54, 1.807) is 37.3 Å². The van der Waals surface area contributed by atoms with Gasteiger partial charge in [-0.2, -0.15) is 0 Å². The number of hydrogen-bond donors (Lipinski definition) is 0.